The Kier molecular flexibility index (Phi) is 21.2. The Bertz CT molecular complexity index is 4310. The Morgan fingerprint density at radius 3 is 1.87 bits per heavy atom. The number of nitrogens with one attached hydrogen (secondary N) is 1. The number of nitrogen functional groups attached to an aromatic ring is 1. The van der Waals surface area contributed by atoms with E-state index >= 15 is 0 Å². The van der Waals surface area contributed by atoms with Crippen LogP contribution in [0.25, 0.3) is 10.8 Å². The molecule has 0 fully saturated rings. The lowest BCUT2D eigenvalue weighted by Crippen LogP contribution is -2.28. The van der Waals surface area contributed by atoms with Crippen molar-refractivity contribution in [3.8, 4) is 5.75 Å². The molecule has 6 N–H and O–H groups in total. The fraction of sp³-hybridized carbons (Fsp3) is 0.342. The minimum Gasteiger partial charge on any atom is -0.505 e. The van der Waals surface area contributed by atoms with Gasteiger partial charge in [0.2, 0.25) is 17.2 Å². The minimum atomic E-state index is -5.09. The summed E-state index contributed by atoms with van der Waals surface area (Å²) in [6, 6.07) is 6.79. The first-order valence-corrected chi connectivity index (χ1v) is 34.2. The van der Waals surface area contributed by atoms with Gasteiger partial charge in [-0.05, 0) is 71.9 Å². The predicted molar refractivity (Wildman–Crippen MR) is 285 cm³/mol. The molecule has 35 nitrogen and oxygen atoms in total. The maximum Gasteiger partial charge on any atom is 0.399 e. The summed E-state index contributed by atoms with van der Waals surface area (Å²) < 4.78 is 246. The number of rotatable bonds is 29. The number of azo groups is 2. The predicted octanol–water partition coefficient (Wildman–Crippen LogP) is 2.68. The summed E-state index contributed by atoms with van der Waals surface area (Å²) in [6.07, 6.45) is -0.281. The number of halogens is 1. The SMILES string of the molecule is COS(=O)(=O)OCCS(=O)(=O)c1ccc(N=Nc2c(S(=O)(=O)OC)cc3cc(CS(=O)(=O)O)c(N=Nc4cc(Nc5nc(Cl)nc(N(C)CCS(=O)(=O)CCCOS(=O)(=O)O)n5)ccc4S(=O)(=O)OC)c(O)c3c2N)c(S(=O)(=O)OC)c1. The molecule has 0 bridgehead atoms. The number of phenolic OH excluding ortho intramolecular Hbond substituents is 1. The van der Waals surface area contributed by atoms with E-state index in [9.17, 15) is 77.0 Å². The van der Waals surface area contributed by atoms with Crippen LogP contribution >= 0.6 is 11.6 Å². The zero-order valence-corrected chi connectivity index (χ0v) is 49.7. The van der Waals surface area contributed by atoms with Crippen molar-refractivity contribution in [2.75, 3.05) is 88.5 Å². The number of benzene rings is 4. The molecule has 0 saturated carbocycles. The van der Waals surface area contributed by atoms with Gasteiger partial charge in [-0.25, -0.2) is 25.2 Å². The number of nitrogens with zero attached hydrogens (tertiary/aromatic N) is 8. The van der Waals surface area contributed by atoms with Crippen LogP contribution in [0, 0.1) is 0 Å². The Balaban J connectivity index is 1.63. The lowest BCUT2D eigenvalue weighted by atomic mass is 10.0. The zero-order valence-electron chi connectivity index (χ0n) is 42.4. The van der Waals surface area contributed by atoms with Crippen molar-refractivity contribution >= 4 is 149 Å². The second-order valence-corrected chi connectivity index (χ2v) is 29.7. The topological polar surface area (TPSA) is 519 Å². The molecule has 82 heavy (non-hydrogen) atoms. The van der Waals surface area contributed by atoms with Crippen molar-refractivity contribution in [3.63, 3.8) is 0 Å². The third-order valence-electron chi connectivity index (χ3n) is 10.5. The molecule has 0 unspecified atom stereocenters. The Morgan fingerprint density at radius 2 is 1.26 bits per heavy atom. The largest absolute Gasteiger partial charge is 0.505 e. The van der Waals surface area contributed by atoms with E-state index in [2.05, 4.69) is 65.8 Å². The van der Waals surface area contributed by atoms with E-state index in [-0.39, 0.29) is 30.5 Å². The molecule has 0 aliphatic carbocycles. The van der Waals surface area contributed by atoms with Crippen LogP contribution in [0.1, 0.15) is 12.0 Å². The zero-order chi connectivity index (χ0) is 61.6. The van der Waals surface area contributed by atoms with E-state index < -0.39 is 193 Å². The van der Waals surface area contributed by atoms with Gasteiger partial charge in [0.1, 0.15) is 43.2 Å². The number of fused-ring (bicyclic) bond motifs is 1. The minimum absolute atomic E-state index is 0.0931. The molecular weight excluding hydrogens is 1290 g/mol. The van der Waals surface area contributed by atoms with E-state index in [1.54, 1.807) is 0 Å². The van der Waals surface area contributed by atoms with E-state index in [4.69, 9.17) is 21.9 Å². The van der Waals surface area contributed by atoms with Crippen LogP contribution in [0.3, 0.4) is 0 Å². The smallest absolute Gasteiger partial charge is 0.399 e. The average molecular weight is 1330 g/mol. The molecule has 0 aliphatic heterocycles. The lowest BCUT2D eigenvalue weighted by Gasteiger charge is -2.18. The van der Waals surface area contributed by atoms with Crippen LogP contribution in [0.2, 0.25) is 5.28 Å². The summed E-state index contributed by atoms with van der Waals surface area (Å²) in [5.74, 6) is -5.13. The standard InChI is InChI=1S/C38H45ClN10O25S8/c1-49(11-15-75(51,52)14-6-12-73-81(64,65)66)38-43-36(39)42-37(44-38)41-24-7-10-28(78(58,59)69-2)27(19-24)46-47-33-23(21-77(55,56)57)17-22-18-30(80(62,63)71-4)34(32(40)31(22)35(33)50)48-45-26-9-8-25(20-29(26)79(60,61)70-3)76(53,54)16-13-74-82(67,68)72-5/h7-10,17-20,50H,6,11-16,21,40H2,1-5H3,(H,55,56,57)(H,64,65,66)(H,41,42,43,44). The lowest BCUT2D eigenvalue weighted by molar-refractivity contribution is 0.255. The molecule has 0 spiro atoms. The number of sulfone groups is 2. The fourth-order valence-corrected chi connectivity index (χ4v) is 13.2. The third kappa shape index (κ3) is 17.6. The van der Waals surface area contributed by atoms with Gasteiger partial charge < -0.3 is 21.1 Å². The molecule has 1 aromatic heterocycles. The van der Waals surface area contributed by atoms with Crippen LogP contribution in [0.15, 0.2) is 88.6 Å². The van der Waals surface area contributed by atoms with Crippen LogP contribution in [0.5, 0.6) is 5.75 Å². The van der Waals surface area contributed by atoms with Crippen molar-refractivity contribution in [3.05, 3.63) is 59.4 Å². The average Bonchev–Trinajstić information content (AvgIpc) is 3.07. The van der Waals surface area contributed by atoms with Gasteiger partial charge in [0.25, 0.3) is 40.5 Å². The Hall–Kier alpha value is -5.88. The summed E-state index contributed by atoms with van der Waals surface area (Å²) in [7, 11) is -33.2. The summed E-state index contributed by atoms with van der Waals surface area (Å²) in [4.78, 5) is 9.92. The first-order valence-electron chi connectivity index (χ1n) is 21.8. The molecule has 0 atom stereocenters. The second-order valence-electron chi connectivity index (χ2n) is 16.0. The van der Waals surface area contributed by atoms with E-state index in [0.717, 1.165) is 56.7 Å². The summed E-state index contributed by atoms with van der Waals surface area (Å²) in [5, 5.41) is 28.6. The number of hydrogen-bond acceptors (Lipinski definition) is 33. The highest BCUT2D eigenvalue weighted by molar-refractivity contribution is 7.92. The maximum absolute atomic E-state index is 13.4. The van der Waals surface area contributed by atoms with Gasteiger partial charge in [-0.1, -0.05) is 0 Å². The van der Waals surface area contributed by atoms with Crippen LogP contribution < -0.4 is 16.0 Å². The van der Waals surface area contributed by atoms with Gasteiger partial charge in [0, 0.05) is 24.8 Å². The molecule has 5 rings (SSSR count). The number of hydrogen-bond donors (Lipinski definition) is 5. The number of phenols is 1. The normalized spacial score (nSPS) is 13.4. The highest BCUT2D eigenvalue weighted by Crippen LogP contribution is 2.48. The Labute approximate surface area is 473 Å². The molecule has 0 saturated heterocycles. The molecule has 0 aliphatic rings. The van der Waals surface area contributed by atoms with Crippen molar-refractivity contribution in [1.82, 2.24) is 15.0 Å². The van der Waals surface area contributed by atoms with Crippen LogP contribution in [0.4, 0.5) is 46.0 Å². The van der Waals surface area contributed by atoms with Gasteiger partial charge in [-0.2, -0.15) is 65.5 Å². The van der Waals surface area contributed by atoms with Gasteiger partial charge in [-0.3, -0.25) is 25.8 Å². The van der Waals surface area contributed by atoms with Crippen LogP contribution in [-0.4, -0.2) is 169 Å². The van der Waals surface area contributed by atoms with Crippen LogP contribution in [-0.2, 0) is 112 Å². The first kappa shape index (κ1) is 66.9. The third-order valence-corrected chi connectivity index (χ3v) is 20.0. The van der Waals surface area contributed by atoms with Gasteiger partial charge >= 0.3 is 20.8 Å². The van der Waals surface area contributed by atoms with Crippen molar-refractivity contribution in [2.45, 2.75) is 31.8 Å². The monoisotopic (exact) mass is 1330 g/mol. The summed E-state index contributed by atoms with van der Waals surface area (Å²) in [6.45, 7) is -1.84. The first-order chi connectivity index (χ1) is 37.8. The van der Waals surface area contributed by atoms with Crippen molar-refractivity contribution in [1.29, 1.82) is 0 Å². The molecule has 0 amide bonds. The highest BCUT2D eigenvalue weighted by atomic mass is 35.5. The second kappa shape index (κ2) is 25.9. The maximum atomic E-state index is 13.4. The van der Waals surface area contributed by atoms with Crippen molar-refractivity contribution < 1.29 is 107 Å². The molecule has 1 heterocycles. The van der Waals surface area contributed by atoms with Crippen molar-refractivity contribution in [2.24, 2.45) is 20.5 Å². The van der Waals surface area contributed by atoms with Gasteiger partial charge in [0.15, 0.2) is 25.4 Å². The number of anilines is 4. The molecule has 0 radical (unpaired) electrons. The molecule has 5 aromatic rings. The van der Waals surface area contributed by atoms with E-state index in [0.29, 0.717) is 20.3 Å². The van der Waals surface area contributed by atoms with Gasteiger partial charge in [-0.15, -0.1) is 20.5 Å². The Morgan fingerprint density at radius 1 is 0.646 bits per heavy atom. The van der Waals surface area contributed by atoms with E-state index in [1.165, 1.54) is 11.9 Å². The fourth-order valence-electron chi connectivity index (χ4n) is 6.67. The number of aromatic nitrogens is 3. The molecule has 452 valence electrons. The van der Waals surface area contributed by atoms with Gasteiger partial charge in [0.05, 0.1) is 74.9 Å². The molecular formula is C38H45ClN10O25S8. The summed E-state index contributed by atoms with van der Waals surface area (Å²) in [5.41, 5.74) is 1.73. The van der Waals surface area contributed by atoms with E-state index in [1.807, 2.05) is 0 Å². The molecule has 4 aromatic carbocycles. The quantitative estimate of drug-likeness (QED) is 0.0151. The number of aromatic hydroxyl groups is 1. The summed E-state index contributed by atoms with van der Waals surface area (Å²) >= 11 is 6.15. The number of nitrogens with two attached hydrogens (primary N) is 1. The molecule has 44 heteroatoms. The highest BCUT2D eigenvalue weighted by Gasteiger charge is 2.30.